The predicted octanol–water partition coefficient (Wildman–Crippen LogP) is 2.31. The second kappa shape index (κ2) is 5.50. The van der Waals surface area contributed by atoms with Crippen LogP contribution in [0.15, 0.2) is 16.9 Å². The van der Waals surface area contributed by atoms with Gasteiger partial charge in [0.05, 0.1) is 12.2 Å². The summed E-state index contributed by atoms with van der Waals surface area (Å²) in [5.41, 5.74) is 1.33. The Bertz CT molecular complexity index is 645. The standard InChI is InChI=1S/C16H23N5O/c1-11(16-18-15(19-22-16)14-3-4-14)21-6-5-12(10-21)7-13-8-17-20(2)9-13/h8-9,11-12,14H,3-7,10H2,1-2H3/t11-,12-/m0/s1. The highest BCUT2D eigenvalue weighted by Gasteiger charge is 2.33. The summed E-state index contributed by atoms with van der Waals surface area (Å²) in [6, 6.07) is 0.221. The van der Waals surface area contributed by atoms with Crippen molar-refractivity contribution in [3.05, 3.63) is 29.7 Å². The quantitative estimate of drug-likeness (QED) is 0.848. The van der Waals surface area contributed by atoms with Gasteiger partial charge >= 0.3 is 0 Å². The number of aryl methyl sites for hydroxylation is 1. The molecule has 1 aliphatic carbocycles. The summed E-state index contributed by atoms with van der Waals surface area (Å²) in [5, 5.41) is 8.39. The Hall–Kier alpha value is -1.69. The van der Waals surface area contributed by atoms with Crippen molar-refractivity contribution < 1.29 is 4.52 Å². The molecule has 1 saturated heterocycles. The molecule has 2 aromatic rings. The van der Waals surface area contributed by atoms with E-state index in [0.29, 0.717) is 11.8 Å². The minimum Gasteiger partial charge on any atom is -0.338 e. The minimum atomic E-state index is 0.221. The van der Waals surface area contributed by atoms with Crippen LogP contribution in [0.3, 0.4) is 0 Å². The Balaban J connectivity index is 1.36. The summed E-state index contributed by atoms with van der Waals surface area (Å²) in [7, 11) is 1.97. The van der Waals surface area contributed by atoms with Gasteiger partial charge in [-0.2, -0.15) is 10.1 Å². The predicted molar refractivity (Wildman–Crippen MR) is 81.3 cm³/mol. The minimum absolute atomic E-state index is 0.221. The van der Waals surface area contributed by atoms with E-state index >= 15 is 0 Å². The Morgan fingerprint density at radius 3 is 2.95 bits per heavy atom. The lowest BCUT2D eigenvalue weighted by Crippen LogP contribution is -2.25. The first-order valence-electron chi connectivity index (χ1n) is 8.24. The van der Waals surface area contributed by atoms with Crippen molar-refractivity contribution in [1.29, 1.82) is 0 Å². The molecular formula is C16H23N5O. The number of aromatic nitrogens is 4. The van der Waals surface area contributed by atoms with E-state index in [1.165, 1.54) is 24.8 Å². The molecule has 0 radical (unpaired) electrons. The van der Waals surface area contributed by atoms with Gasteiger partial charge < -0.3 is 4.52 Å². The van der Waals surface area contributed by atoms with Crippen molar-refractivity contribution in [3.63, 3.8) is 0 Å². The SMILES string of the molecule is C[C@@H](c1nc(C2CC2)no1)N1CC[C@@H](Cc2cnn(C)c2)C1. The van der Waals surface area contributed by atoms with Crippen molar-refractivity contribution in [2.45, 2.75) is 44.6 Å². The first kappa shape index (κ1) is 13.9. The topological polar surface area (TPSA) is 60.0 Å². The number of nitrogens with zero attached hydrogens (tertiary/aromatic N) is 5. The lowest BCUT2D eigenvalue weighted by molar-refractivity contribution is 0.202. The van der Waals surface area contributed by atoms with Crippen molar-refractivity contribution in [2.24, 2.45) is 13.0 Å². The van der Waals surface area contributed by atoms with E-state index in [9.17, 15) is 0 Å². The molecule has 6 nitrogen and oxygen atoms in total. The second-order valence-electron chi connectivity index (χ2n) is 6.82. The van der Waals surface area contributed by atoms with Gasteiger partial charge in [0.2, 0.25) is 5.89 Å². The lowest BCUT2D eigenvalue weighted by atomic mass is 10.0. The van der Waals surface area contributed by atoms with Crippen LogP contribution in [0, 0.1) is 5.92 Å². The van der Waals surface area contributed by atoms with Crippen molar-refractivity contribution in [3.8, 4) is 0 Å². The Kier molecular flexibility index (Phi) is 3.48. The van der Waals surface area contributed by atoms with Crippen LogP contribution >= 0.6 is 0 Å². The van der Waals surface area contributed by atoms with Crippen LogP contribution in [-0.2, 0) is 13.5 Å². The molecule has 0 aromatic carbocycles. The van der Waals surface area contributed by atoms with E-state index in [1.54, 1.807) is 0 Å². The summed E-state index contributed by atoms with van der Waals surface area (Å²) < 4.78 is 7.36. The highest BCUT2D eigenvalue weighted by atomic mass is 16.5. The molecule has 1 aliphatic heterocycles. The van der Waals surface area contributed by atoms with Crippen molar-refractivity contribution >= 4 is 0 Å². The highest BCUT2D eigenvalue weighted by molar-refractivity contribution is 5.07. The molecule has 2 atom stereocenters. The van der Waals surface area contributed by atoms with Crippen LogP contribution in [0.2, 0.25) is 0 Å². The third-order valence-corrected chi connectivity index (χ3v) is 4.91. The van der Waals surface area contributed by atoms with Gasteiger partial charge in [-0.3, -0.25) is 9.58 Å². The molecule has 2 aliphatic rings. The zero-order valence-electron chi connectivity index (χ0n) is 13.3. The van der Waals surface area contributed by atoms with Gasteiger partial charge in [-0.25, -0.2) is 0 Å². The summed E-state index contributed by atoms with van der Waals surface area (Å²) in [6.45, 7) is 4.38. The molecule has 3 heterocycles. The number of hydrogen-bond donors (Lipinski definition) is 0. The summed E-state index contributed by atoms with van der Waals surface area (Å²) >= 11 is 0. The fourth-order valence-electron chi connectivity index (χ4n) is 3.37. The molecule has 118 valence electrons. The maximum absolute atomic E-state index is 5.48. The molecule has 0 N–H and O–H groups in total. The van der Waals surface area contributed by atoms with Gasteiger partial charge in [0, 0.05) is 25.7 Å². The van der Waals surface area contributed by atoms with Crippen LogP contribution in [0.25, 0.3) is 0 Å². The highest BCUT2D eigenvalue weighted by Crippen LogP contribution is 2.39. The lowest BCUT2D eigenvalue weighted by Gasteiger charge is -2.20. The van der Waals surface area contributed by atoms with Crippen LogP contribution in [0.1, 0.15) is 55.4 Å². The maximum Gasteiger partial charge on any atom is 0.243 e. The van der Waals surface area contributed by atoms with Crippen molar-refractivity contribution in [1.82, 2.24) is 24.8 Å². The summed E-state index contributed by atoms with van der Waals surface area (Å²) in [5.74, 6) is 2.94. The van der Waals surface area contributed by atoms with E-state index in [4.69, 9.17) is 4.52 Å². The molecule has 0 unspecified atom stereocenters. The Morgan fingerprint density at radius 1 is 1.36 bits per heavy atom. The molecule has 0 spiro atoms. The van der Waals surface area contributed by atoms with E-state index in [-0.39, 0.29) is 6.04 Å². The van der Waals surface area contributed by atoms with E-state index in [2.05, 4.69) is 33.3 Å². The van der Waals surface area contributed by atoms with Gasteiger partial charge in [-0.05, 0) is 50.6 Å². The second-order valence-corrected chi connectivity index (χ2v) is 6.82. The van der Waals surface area contributed by atoms with E-state index < -0.39 is 0 Å². The molecule has 4 rings (SSSR count). The fourth-order valence-corrected chi connectivity index (χ4v) is 3.37. The largest absolute Gasteiger partial charge is 0.338 e. The summed E-state index contributed by atoms with van der Waals surface area (Å²) in [6.07, 6.45) is 8.85. The molecule has 0 amide bonds. The van der Waals surface area contributed by atoms with Gasteiger partial charge in [0.15, 0.2) is 5.82 Å². The number of likely N-dealkylation sites (tertiary alicyclic amines) is 1. The van der Waals surface area contributed by atoms with Crippen LogP contribution < -0.4 is 0 Å². The molecule has 22 heavy (non-hydrogen) atoms. The van der Waals surface area contributed by atoms with Gasteiger partial charge in [-0.1, -0.05) is 5.16 Å². The molecule has 6 heteroatoms. The zero-order valence-corrected chi connectivity index (χ0v) is 13.3. The van der Waals surface area contributed by atoms with Gasteiger partial charge in [0.1, 0.15) is 0 Å². The Labute approximate surface area is 130 Å². The van der Waals surface area contributed by atoms with E-state index in [1.807, 2.05) is 17.9 Å². The van der Waals surface area contributed by atoms with Gasteiger partial charge in [0.25, 0.3) is 0 Å². The molecule has 0 bridgehead atoms. The maximum atomic E-state index is 5.48. The number of hydrogen-bond acceptors (Lipinski definition) is 5. The summed E-state index contributed by atoms with van der Waals surface area (Å²) in [4.78, 5) is 7.06. The molecular weight excluding hydrogens is 278 g/mol. The number of rotatable bonds is 5. The van der Waals surface area contributed by atoms with Crippen molar-refractivity contribution in [2.75, 3.05) is 13.1 Å². The third-order valence-electron chi connectivity index (χ3n) is 4.91. The van der Waals surface area contributed by atoms with Crippen LogP contribution in [0.4, 0.5) is 0 Å². The fraction of sp³-hybridized carbons (Fsp3) is 0.688. The van der Waals surface area contributed by atoms with Gasteiger partial charge in [-0.15, -0.1) is 0 Å². The van der Waals surface area contributed by atoms with Crippen LogP contribution in [-0.4, -0.2) is 37.9 Å². The normalized spacial score (nSPS) is 24.0. The monoisotopic (exact) mass is 301 g/mol. The smallest absolute Gasteiger partial charge is 0.243 e. The molecule has 1 saturated carbocycles. The first-order chi connectivity index (χ1) is 10.7. The first-order valence-corrected chi connectivity index (χ1v) is 8.24. The average molecular weight is 301 g/mol. The Morgan fingerprint density at radius 2 is 2.23 bits per heavy atom. The zero-order chi connectivity index (χ0) is 15.1. The van der Waals surface area contributed by atoms with E-state index in [0.717, 1.165) is 31.2 Å². The molecule has 2 fully saturated rings. The average Bonchev–Trinajstić information content (AvgIpc) is 2.92. The van der Waals surface area contributed by atoms with Crippen LogP contribution in [0.5, 0.6) is 0 Å². The third kappa shape index (κ3) is 2.79. The molecule has 2 aromatic heterocycles.